The summed E-state index contributed by atoms with van der Waals surface area (Å²) in [7, 11) is 1.55. The molecule has 2 N–H and O–H groups in total. The summed E-state index contributed by atoms with van der Waals surface area (Å²) < 4.78 is 5.14. The van der Waals surface area contributed by atoms with Gasteiger partial charge in [0.15, 0.2) is 11.3 Å². The molecular formula is C24H35NO3. The third-order valence-electron chi connectivity index (χ3n) is 5.00. The van der Waals surface area contributed by atoms with Crippen molar-refractivity contribution in [2.75, 3.05) is 7.11 Å². The van der Waals surface area contributed by atoms with E-state index in [1.54, 1.807) is 7.11 Å². The lowest BCUT2D eigenvalue weighted by atomic mass is 9.96. The van der Waals surface area contributed by atoms with Gasteiger partial charge < -0.3 is 14.8 Å². The molecule has 0 aliphatic carbocycles. The van der Waals surface area contributed by atoms with E-state index in [0.717, 1.165) is 28.8 Å². The Kier molecular flexibility index (Phi) is 9.74. The summed E-state index contributed by atoms with van der Waals surface area (Å²) in [6.45, 7) is 11.9. The van der Waals surface area contributed by atoms with Gasteiger partial charge in [-0.2, -0.15) is 0 Å². The third-order valence-corrected chi connectivity index (χ3v) is 5.00. The maximum Gasteiger partial charge on any atom is 0.194 e. The topological polar surface area (TPSA) is 62.3 Å². The molecule has 0 spiro atoms. The van der Waals surface area contributed by atoms with E-state index in [-0.39, 0.29) is 11.3 Å². The van der Waals surface area contributed by atoms with Gasteiger partial charge in [-0.05, 0) is 46.6 Å². The zero-order valence-electron chi connectivity index (χ0n) is 18.3. The molecule has 28 heavy (non-hydrogen) atoms. The highest BCUT2D eigenvalue weighted by molar-refractivity contribution is 5.27. The number of hydrogen-bond acceptors (Lipinski definition) is 3. The second-order valence-corrected chi connectivity index (χ2v) is 7.41. The largest absolute Gasteiger partial charge is 0.482 e. The molecule has 154 valence electrons. The number of H-pyrrole nitrogens is 1. The van der Waals surface area contributed by atoms with Crippen LogP contribution in [0.3, 0.4) is 0 Å². The van der Waals surface area contributed by atoms with Gasteiger partial charge in [-0.1, -0.05) is 48.5 Å². The van der Waals surface area contributed by atoms with Crippen molar-refractivity contribution < 1.29 is 9.84 Å². The molecule has 1 rings (SSSR count). The molecule has 4 nitrogen and oxygen atoms in total. The minimum atomic E-state index is -0.441. The highest BCUT2D eigenvalue weighted by Gasteiger charge is 2.12. The van der Waals surface area contributed by atoms with Crippen molar-refractivity contribution in [3.8, 4) is 5.88 Å². The zero-order chi connectivity index (χ0) is 21.3. The van der Waals surface area contributed by atoms with Gasteiger partial charge in [0.2, 0.25) is 0 Å². The molecule has 1 aromatic heterocycles. The highest BCUT2D eigenvalue weighted by atomic mass is 16.5. The van der Waals surface area contributed by atoms with Crippen LogP contribution >= 0.6 is 0 Å². The summed E-state index contributed by atoms with van der Waals surface area (Å²) in [4.78, 5) is 15.1. The summed E-state index contributed by atoms with van der Waals surface area (Å²) in [6, 6.07) is 1.48. The van der Waals surface area contributed by atoms with Crippen molar-refractivity contribution in [1.29, 1.82) is 0 Å². The van der Waals surface area contributed by atoms with Crippen LogP contribution < -0.4 is 10.2 Å². The molecule has 1 aromatic rings. The average molecular weight is 386 g/mol. The number of ether oxygens (including phenoxy) is 1. The van der Waals surface area contributed by atoms with Gasteiger partial charge in [0.05, 0.1) is 13.2 Å². The van der Waals surface area contributed by atoms with Crippen molar-refractivity contribution >= 4 is 0 Å². The molecule has 4 heteroatoms. The van der Waals surface area contributed by atoms with Gasteiger partial charge in [-0.15, -0.1) is 0 Å². The standard InChI is InChI=1S/C24H35NO3/c1-8-18(4)24(27)19(5)14-17(3)11-9-10-16(2)12-13-21-20(6)22(26)15-23(25-21)28-7/h8-9,11-12,14-15,19,24,27H,10,13H2,1-7H3,(H,25,26)/b11-9+,16-12+,17-14+,18-8+/t19-,24-/m0/s1. The van der Waals surface area contributed by atoms with Crippen LogP contribution in [0.2, 0.25) is 0 Å². The minimum absolute atomic E-state index is 0.0122. The van der Waals surface area contributed by atoms with E-state index in [0.29, 0.717) is 12.3 Å². The fourth-order valence-electron chi connectivity index (χ4n) is 2.91. The molecule has 0 fully saturated rings. The van der Waals surface area contributed by atoms with E-state index < -0.39 is 6.10 Å². The number of methoxy groups -OCH3 is 1. The molecule has 0 aliphatic rings. The number of rotatable bonds is 9. The molecule has 1 heterocycles. The maximum absolute atomic E-state index is 11.9. The Hall–Kier alpha value is -2.33. The van der Waals surface area contributed by atoms with Gasteiger partial charge >= 0.3 is 0 Å². The lowest BCUT2D eigenvalue weighted by Gasteiger charge is -2.16. The predicted octanol–water partition coefficient (Wildman–Crippen LogP) is 5.04. The van der Waals surface area contributed by atoms with Gasteiger partial charge in [-0.25, -0.2) is 0 Å². The Bertz CT molecular complexity index is 825. The Morgan fingerprint density at radius 1 is 1.32 bits per heavy atom. The van der Waals surface area contributed by atoms with Crippen LogP contribution in [-0.2, 0) is 6.42 Å². The van der Waals surface area contributed by atoms with Gasteiger partial charge in [0.1, 0.15) is 0 Å². The Morgan fingerprint density at radius 3 is 2.61 bits per heavy atom. The van der Waals surface area contributed by atoms with Crippen molar-refractivity contribution in [2.24, 2.45) is 5.92 Å². The van der Waals surface area contributed by atoms with Crippen molar-refractivity contribution in [3.63, 3.8) is 0 Å². The van der Waals surface area contributed by atoms with Crippen LogP contribution in [0.25, 0.3) is 0 Å². The average Bonchev–Trinajstić information content (AvgIpc) is 2.67. The first kappa shape index (κ1) is 23.7. The lowest BCUT2D eigenvalue weighted by molar-refractivity contribution is 0.173. The molecule has 0 aliphatic heterocycles. The second kappa shape index (κ2) is 11.5. The fourth-order valence-corrected chi connectivity index (χ4v) is 2.91. The number of hydrogen-bond donors (Lipinski definition) is 2. The molecular weight excluding hydrogens is 350 g/mol. The molecule has 0 amide bonds. The van der Waals surface area contributed by atoms with E-state index in [4.69, 9.17) is 4.74 Å². The van der Waals surface area contributed by atoms with E-state index in [9.17, 15) is 9.90 Å². The number of pyridine rings is 1. The predicted molar refractivity (Wildman–Crippen MR) is 118 cm³/mol. The lowest BCUT2D eigenvalue weighted by Crippen LogP contribution is -2.17. The second-order valence-electron chi connectivity index (χ2n) is 7.41. The van der Waals surface area contributed by atoms with Crippen molar-refractivity contribution in [3.05, 3.63) is 74.6 Å². The first-order valence-electron chi connectivity index (χ1n) is 9.77. The summed E-state index contributed by atoms with van der Waals surface area (Å²) in [5, 5.41) is 10.2. The molecule has 0 saturated heterocycles. The number of nitrogens with one attached hydrogen (secondary N) is 1. The maximum atomic E-state index is 11.9. The third kappa shape index (κ3) is 7.35. The molecule has 2 atom stereocenters. The Balaban J connectivity index is 2.71. The van der Waals surface area contributed by atoms with Crippen molar-refractivity contribution in [1.82, 2.24) is 4.98 Å². The van der Waals surface area contributed by atoms with Crippen LogP contribution in [0.4, 0.5) is 0 Å². The molecule has 0 saturated carbocycles. The number of aromatic nitrogens is 1. The highest BCUT2D eigenvalue weighted by Crippen LogP contribution is 2.16. The smallest absolute Gasteiger partial charge is 0.194 e. The summed E-state index contributed by atoms with van der Waals surface area (Å²) in [5.41, 5.74) is 4.95. The Morgan fingerprint density at radius 2 is 2.00 bits per heavy atom. The fraction of sp³-hybridized carbons (Fsp3) is 0.458. The van der Waals surface area contributed by atoms with E-state index in [2.05, 4.69) is 36.2 Å². The first-order chi connectivity index (χ1) is 13.2. The first-order valence-corrected chi connectivity index (χ1v) is 9.77. The summed E-state index contributed by atoms with van der Waals surface area (Å²) in [6.07, 6.45) is 11.4. The van der Waals surface area contributed by atoms with Crippen LogP contribution in [0.1, 0.15) is 52.3 Å². The number of allylic oxidation sites excluding steroid dienone is 6. The van der Waals surface area contributed by atoms with Crippen molar-refractivity contribution in [2.45, 2.75) is 60.5 Å². The number of aromatic amines is 1. The quantitative estimate of drug-likeness (QED) is 0.462. The number of aliphatic hydroxyl groups excluding tert-OH is 1. The minimum Gasteiger partial charge on any atom is -0.482 e. The van der Waals surface area contributed by atoms with Crippen LogP contribution in [0.5, 0.6) is 5.88 Å². The van der Waals surface area contributed by atoms with Gasteiger partial charge in [0.25, 0.3) is 0 Å². The van der Waals surface area contributed by atoms with Crippen LogP contribution in [-0.4, -0.2) is 23.3 Å². The molecule has 0 radical (unpaired) electrons. The van der Waals surface area contributed by atoms with Crippen LogP contribution in [0.15, 0.2) is 58.0 Å². The van der Waals surface area contributed by atoms with Gasteiger partial charge in [0, 0.05) is 29.7 Å². The van der Waals surface area contributed by atoms with Gasteiger partial charge in [-0.3, -0.25) is 4.79 Å². The van der Waals surface area contributed by atoms with Crippen LogP contribution in [0, 0.1) is 12.8 Å². The molecule has 0 bridgehead atoms. The normalized spacial score (nSPS) is 15.8. The number of aliphatic hydroxyl groups is 1. The summed E-state index contributed by atoms with van der Waals surface area (Å²) in [5.74, 6) is 0.562. The molecule has 0 aromatic carbocycles. The monoisotopic (exact) mass is 385 g/mol. The van der Waals surface area contributed by atoms with E-state index in [1.807, 2.05) is 40.7 Å². The SMILES string of the molecule is C/C=C(\C)[C@H](O)[C@@H](C)/C=C(C)/C=C/C/C(C)=C/Cc1[nH]c(OC)cc(=O)c1C. The summed E-state index contributed by atoms with van der Waals surface area (Å²) >= 11 is 0. The van der Waals surface area contributed by atoms with E-state index in [1.165, 1.54) is 11.6 Å². The molecule has 0 unspecified atom stereocenters. The zero-order valence-corrected chi connectivity index (χ0v) is 18.3. The van der Waals surface area contributed by atoms with E-state index >= 15 is 0 Å². The Labute approximate surface area is 169 Å².